The molecule has 3 aliphatic heterocycles. The van der Waals surface area contributed by atoms with Crippen LogP contribution in [0.5, 0.6) is 0 Å². The highest BCUT2D eigenvalue weighted by atomic mass is 35.5. The molecule has 0 radical (unpaired) electrons. The van der Waals surface area contributed by atoms with Crippen molar-refractivity contribution in [2.75, 3.05) is 159 Å². The van der Waals surface area contributed by atoms with Crippen molar-refractivity contribution in [2.24, 2.45) is 0 Å². The number of aliphatic carboxylic acids is 1. The van der Waals surface area contributed by atoms with Crippen LogP contribution in [-0.2, 0) is 97.1 Å². The molecule has 1 unspecified atom stereocenters. The highest BCUT2D eigenvalue weighted by Gasteiger charge is 2.36. The fourth-order valence-electron chi connectivity index (χ4n) is 14.5. The normalized spacial score (nSPS) is 16.5. The number of carbonyl (C=O) groups is 5. The first kappa shape index (κ1) is 94.7. The van der Waals surface area contributed by atoms with Crippen LogP contribution in [0.2, 0.25) is 30.1 Å². The number of amides is 4. The molecule has 0 aliphatic carbocycles. The number of carboxylic acid groups (broad SMARTS) is 1. The van der Waals surface area contributed by atoms with E-state index in [4.69, 9.17) is 98.0 Å². The van der Waals surface area contributed by atoms with E-state index in [1.54, 1.807) is 60.7 Å². The first-order valence-electron chi connectivity index (χ1n) is 38.7. The predicted octanol–water partition coefficient (Wildman–Crippen LogP) is 10.6. The zero-order valence-electron chi connectivity index (χ0n) is 65.7. The van der Waals surface area contributed by atoms with Crippen LogP contribution in [0.1, 0.15) is 126 Å². The highest BCUT2D eigenvalue weighted by molar-refractivity contribution is 7.91. The van der Waals surface area contributed by atoms with Crippen LogP contribution < -0.4 is 30.7 Å². The number of nitrogens with one attached hydrogen (secondary N) is 6. The number of sulfonamides is 2. The molecule has 0 saturated carbocycles. The molecular weight excluding hydrogens is 1700 g/mol. The van der Waals surface area contributed by atoms with E-state index >= 15 is 0 Å². The van der Waals surface area contributed by atoms with Gasteiger partial charge in [-0.2, -0.15) is 0 Å². The Morgan fingerprint density at radius 3 is 1.20 bits per heavy atom. The van der Waals surface area contributed by atoms with Crippen LogP contribution in [0.3, 0.4) is 0 Å². The maximum absolute atomic E-state index is 13.6. The molecule has 9 rings (SSSR count). The summed E-state index contributed by atoms with van der Waals surface area (Å²) in [6, 6.07) is 30.3. The third-order valence-corrected chi connectivity index (χ3v) is 26.7. The van der Waals surface area contributed by atoms with Gasteiger partial charge < -0.3 is 69.5 Å². The number of rotatable bonds is 49. The van der Waals surface area contributed by atoms with Crippen LogP contribution in [-0.4, -0.2) is 239 Å². The Morgan fingerprint density at radius 1 is 0.436 bits per heavy atom. The van der Waals surface area contributed by atoms with Crippen molar-refractivity contribution in [2.45, 2.75) is 115 Å². The topological polar surface area (TPSA) is 345 Å². The summed E-state index contributed by atoms with van der Waals surface area (Å²) < 4.78 is 120. The molecule has 3 aliphatic rings. The van der Waals surface area contributed by atoms with Gasteiger partial charge in [0, 0.05) is 158 Å². The molecule has 640 valence electrons. The zero-order valence-corrected chi connectivity index (χ0v) is 72.7. The van der Waals surface area contributed by atoms with E-state index in [2.05, 4.69) is 45.4 Å². The van der Waals surface area contributed by atoms with Crippen LogP contribution in [0, 0.1) is 0 Å². The van der Waals surface area contributed by atoms with Crippen LogP contribution in [0.4, 0.5) is 4.79 Å². The molecule has 36 heteroatoms. The Balaban J connectivity index is 0.704. The second kappa shape index (κ2) is 46.2. The third-order valence-electron chi connectivity index (χ3n) is 20.3. The molecular formula is C81H103Cl6N9O18S3. The summed E-state index contributed by atoms with van der Waals surface area (Å²) in [5, 5.41) is 23.2. The van der Waals surface area contributed by atoms with Gasteiger partial charge in [-0.15, -0.1) is 0 Å². The van der Waals surface area contributed by atoms with Crippen LogP contribution in [0.25, 0.3) is 0 Å². The summed E-state index contributed by atoms with van der Waals surface area (Å²) in [4.78, 5) is 72.5. The van der Waals surface area contributed by atoms with Gasteiger partial charge in [0.1, 0.15) is 12.3 Å². The summed E-state index contributed by atoms with van der Waals surface area (Å²) in [7, 11) is -5.58. The monoisotopic (exact) mass is 1800 g/mol. The molecule has 0 saturated heterocycles. The number of ether oxygens (including phenoxy) is 6. The number of likely N-dealkylation sites (N-methyl/N-ethyl adjacent to an activating group) is 3. The zero-order chi connectivity index (χ0) is 84.3. The van der Waals surface area contributed by atoms with Gasteiger partial charge in [-0.05, 0) is 176 Å². The fraction of sp³-hybridized carbons (Fsp3) is 0.494. The number of nitrogens with zero attached hydrogens (tertiary/aromatic N) is 3. The van der Waals surface area contributed by atoms with Crippen LogP contribution >= 0.6 is 69.6 Å². The Labute approximate surface area is 715 Å². The van der Waals surface area contributed by atoms with Gasteiger partial charge in [0.05, 0.1) is 86.5 Å². The number of hydrogen-bond acceptors (Lipinski definition) is 20. The van der Waals surface area contributed by atoms with Gasteiger partial charge in [-0.1, -0.05) is 106 Å². The van der Waals surface area contributed by atoms with Gasteiger partial charge in [0.2, 0.25) is 31.9 Å². The Kier molecular flexibility index (Phi) is 37.4. The summed E-state index contributed by atoms with van der Waals surface area (Å²) in [6.45, 7) is 4.51. The Hall–Kier alpha value is -6.18. The largest absolute Gasteiger partial charge is 0.480 e. The first-order chi connectivity index (χ1) is 55.9. The van der Waals surface area contributed by atoms with E-state index < -0.39 is 65.8 Å². The molecule has 27 nitrogen and oxygen atoms in total. The minimum Gasteiger partial charge on any atom is -0.480 e. The number of urea groups is 1. The van der Waals surface area contributed by atoms with E-state index in [1.807, 2.05) is 57.5 Å². The fourth-order valence-corrected chi connectivity index (χ4v) is 19.7. The number of halogens is 6. The molecule has 6 aromatic rings. The lowest BCUT2D eigenvalue weighted by atomic mass is 9.82. The minimum absolute atomic E-state index is 0.0139. The lowest BCUT2D eigenvalue weighted by Crippen LogP contribution is -2.54. The molecule has 0 aromatic heterocycles. The lowest BCUT2D eigenvalue weighted by molar-refractivity contribution is -0.135. The van der Waals surface area contributed by atoms with Gasteiger partial charge in [-0.25, -0.2) is 39.5 Å². The van der Waals surface area contributed by atoms with Crippen LogP contribution in [0.15, 0.2) is 124 Å². The van der Waals surface area contributed by atoms with E-state index in [-0.39, 0.29) is 201 Å². The average Bonchev–Trinajstić information content (AvgIpc) is 0.781. The summed E-state index contributed by atoms with van der Waals surface area (Å²) in [5.41, 5.74) is 6.74. The molecule has 0 bridgehead atoms. The van der Waals surface area contributed by atoms with Gasteiger partial charge in [0.25, 0.3) is 0 Å². The quantitative estimate of drug-likeness (QED) is 0.0174. The molecule has 3 heterocycles. The molecule has 7 N–H and O–H groups in total. The predicted molar refractivity (Wildman–Crippen MR) is 450 cm³/mol. The smallest absolute Gasteiger partial charge is 0.323 e. The SMILES string of the molecule is CN1Cc2c(Cl)cc(Cl)cc2[C@H](c2cccc(S(=O)(=O)CCCOCCOCCNC(=O)CCC(CCC(=O)CCCOCCOCCNS(=O)(=O)c3cccc([C@@H]4CN(C)Cc5c(Cl)cc(Cl)cc54)c3)(CCC(=O)NCCOCCOCCNS(=O)(=O)c3cccc([C@@H]4CN(C)Cc5c(Cl)cc(Cl)cc54)c3)NC(=O)NCC(=O)O)c2)C1. The molecule has 4 atom stereocenters. The second-order valence-corrected chi connectivity index (χ2v) is 37.5. The van der Waals surface area contributed by atoms with Crippen molar-refractivity contribution >= 4 is 129 Å². The Bertz CT molecular complexity index is 4310. The van der Waals surface area contributed by atoms with Gasteiger partial charge >= 0.3 is 12.0 Å². The lowest BCUT2D eigenvalue weighted by Gasteiger charge is -2.35. The maximum atomic E-state index is 13.6. The number of carbonyl (C=O) groups excluding carboxylic acids is 4. The van der Waals surface area contributed by atoms with Crippen molar-refractivity contribution in [3.63, 3.8) is 0 Å². The molecule has 117 heavy (non-hydrogen) atoms. The number of ketones is 1. The molecule has 0 fully saturated rings. The van der Waals surface area contributed by atoms with E-state index in [9.17, 15) is 54.3 Å². The third kappa shape index (κ3) is 29.6. The van der Waals surface area contributed by atoms with Crippen molar-refractivity contribution in [1.29, 1.82) is 0 Å². The number of hydrogen-bond donors (Lipinski definition) is 7. The minimum atomic E-state index is -3.92. The standard InChI is InChI=1S/C81H103Cl6N9O18S3/c1-94-49-68(65-42-58(82)45-74(85)71(65)52-94)55-9-4-13-62(39-55)115(103,104)38-8-27-110-33-34-111-28-22-88-77(98)17-20-81(93-80(102)90-48-79(100)101,19-16-61(97)12-7-26-109-32-35-113-30-24-91-116(105,106)63-14-5-10-56(40-63)69-50-95(2)53-72-66(69)43-59(83)46-75(72)86)21-18-78(99)89-23-29-112-36-37-114-31-25-92-117(107,108)64-15-6-11-57(41-64)70-51-96(3)54-73-67(70)44-60(84)47-76(73)87/h4-6,9-11,13-15,39-47,68-70,91-92H,7-8,12,16-38,48-54H2,1-3H3,(H,88,98)(H,89,99)(H,100,101)(H2,90,93,102)/t68-,69-,70-,81?/m0/s1. The van der Waals surface area contributed by atoms with E-state index in [0.717, 1.165) is 50.1 Å². The highest BCUT2D eigenvalue weighted by Crippen LogP contribution is 2.43. The van der Waals surface area contributed by atoms with Crippen molar-refractivity contribution in [3.8, 4) is 0 Å². The van der Waals surface area contributed by atoms with Crippen molar-refractivity contribution < 1.29 is 82.8 Å². The molecule has 6 aromatic carbocycles. The number of benzene rings is 6. The first-order valence-corrected chi connectivity index (χ1v) is 45.6. The number of carboxylic acids is 1. The summed E-state index contributed by atoms with van der Waals surface area (Å²) in [5.74, 6) is -3.07. The van der Waals surface area contributed by atoms with Crippen molar-refractivity contribution in [3.05, 3.63) is 189 Å². The summed E-state index contributed by atoms with van der Waals surface area (Å²) >= 11 is 38.9. The maximum Gasteiger partial charge on any atom is 0.323 e. The number of Topliss-reactive ketones (excluding diaryl/α,β-unsaturated/α-hetero) is 1. The molecule has 0 spiro atoms. The summed E-state index contributed by atoms with van der Waals surface area (Å²) in [6.07, 6.45) is -0.137. The van der Waals surface area contributed by atoms with E-state index in [1.165, 1.54) is 12.1 Å². The average molecular weight is 1800 g/mol. The van der Waals surface area contributed by atoms with E-state index in [0.29, 0.717) is 75.8 Å². The van der Waals surface area contributed by atoms with Gasteiger partial charge in [-0.3, -0.25) is 19.2 Å². The van der Waals surface area contributed by atoms with Crippen molar-refractivity contribution in [1.82, 2.24) is 45.4 Å². The van der Waals surface area contributed by atoms with Gasteiger partial charge in [0.15, 0.2) is 9.84 Å². The number of fused-ring (bicyclic) bond motifs is 3. The second-order valence-electron chi connectivity index (χ2n) is 29.3. The Morgan fingerprint density at radius 2 is 0.795 bits per heavy atom. The number of sulfone groups is 1. The molecule has 4 amide bonds.